The van der Waals surface area contributed by atoms with E-state index >= 15 is 0 Å². The van der Waals surface area contributed by atoms with Gasteiger partial charge in [0.2, 0.25) is 11.5 Å². The summed E-state index contributed by atoms with van der Waals surface area (Å²) in [4.78, 5) is 35.1. The van der Waals surface area contributed by atoms with E-state index in [2.05, 4.69) is 9.97 Å². The number of benzene rings is 4. The summed E-state index contributed by atoms with van der Waals surface area (Å²) in [5.41, 5.74) is 4.00. The van der Waals surface area contributed by atoms with E-state index in [-0.39, 0.29) is 56.1 Å². The molecule has 0 radical (unpaired) electrons. The molecule has 5 heterocycles. The molecule has 3 aromatic heterocycles. The van der Waals surface area contributed by atoms with Crippen molar-refractivity contribution in [3.8, 4) is 68.5 Å². The van der Waals surface area contributed by atoms with E-state index in [0.29, 0.717) is 34.1 Å². The third-order valence-electron chi connectivity index (χ3n) is 7.89. The van der Waals surface area contributed by atoms with E-state index in [1.807, 2.05) is 72.8 Å². The van der Waals surface area contributed by atoms with Crippen LogP contribution in [0.25, 0.3) is 89.7 Å². The summed E-state index contributed by atoms with van der Waals surface area (Å²) in [5, 5.41) is 44.4. The Kier molecular flexibility index (Phi) is 5.71. The van der Waals surface area contributed by atoms with Gasteiger partial charge in [-0.2, -0.15) is 0 Å². The van der Waals surface area contributed by atoms with Gasteiger partial charge in [-0.05, 0) is 0 Å². The fourth-order valence-corrected chi connectivity index (χ4v) is 5.84. The van der Waals surface area contributed by atoms with E-state index in [1.54, 1.807) is 0 Å². The number of H-pyrrole nitrogens is 2. The van der Waals surface area contributed by atoms with Gasteiger partial charge in [0.25, 0.3) is 0 Å². The van der Waals surface area contributed by atoms with E-state index in [1.165, 1.54) is 0 Å². The SMILES string of the molecule is Oc1c(O)c(O)c2c3nc4nc(nc5[nH]c(nc6nc(nc([nH]3)c2c1O)-c1ccccc1-6)c1ccccc51)-c1ccccc1-4.[Ag+]. The molecule has 4 aromatic carbocycles. The van der Waals surface area contributed by atoms with Gasteiger partial charge in [0.1, 0.15) is 22.6 Å². The second-order valence-corrected chi connectivity index (χ2v) is 10.4. The Morgan fingerprint density at radius 3 is 1.07 bits per heavy atom. The number of nitrogens with zero attached hydrogens (tertiary/aromatic N) is 6. The number of aromatic amines is 2. The van der Waals surface area contributed by atoms with Crippen molar-refractivity contribution in [1.29, 1.82) is 0 Å². The molecule has 0 saturated heterocycles. The van der Waals surface area contributed by atoms with Crippen molar-refractivity contribution in [1.82, 2.24) is 39.9 Å². The molecule has 45 heavy (non-hydrogen) atoms. The van der Waals surface area contributed by atoms with Crippen molar-refractivity contribution in [3.63, 3.8) is 0 Å². The molecule has 12 nitrogen and oxygen atoms in total. The van der Waals surface area contributed by atoms with Gasteiger partial charge in [-0.15, -0.1) is 0 Å². The molecule has 0 spiro atoms. The molecule has 8 bridgehead atoms. The van der Waals surface area contributed by atoms with Crippen molar-refractivity contribution < 1.29 is 42.8 Å². The van der Waals surface area contributed by atoms with Gasteiger partial charge in [-0.1, -0.05) is 72.8 Å². The molecule has 0 fully saturated rings. The van der Waals surface area contributed by atoms with Crippen LogP contribution in [0, 0.1) is 0 Å². The summed E-state index contributed by atoms with van der Waals surface area (Å²) in [6, 6.07) is 22.7. The first-order chi connectivity index (χ1) is 21.5. The first-order valence-electron chi connectivity index (χ1n) is 13.6. The van der Waals surface area contributed by atoms with Crippen LogP contribution < -0.4 is 0 Å². The van der Waals surface area contributed by atoms with Crippen molar-refractivity contribution in [2.45, 2.75) is 0 Å². The second kappa shape index (κ2) is 9.59. The number of nitrogens with one attached hydrogen (secondary N) is 2. The molecule has 9 rings (SSSR count). The number of phenolic OH excluding ortho intramolecular Hbond substituents is 4. The predicted molar refractivity (Wildman–Crippen MR) is 163 cm³/mol. The van der Waals surface area contributed by atoms with Gasteiger partial charge in [0.15, 0.2) is 34.8 Å². The van der Waals surface area contributed by atoms with Gasteiger partial charge in [-0.25, -0.2) is 29.9 Å². The number of fused-ring (bicyclic) bond motifs is 20. The molecule has 6 N–H and O–H groups in total. The average Bonchev–Trinajstić information content (AvgIpc) is 3.78. The second-order valence-electron chi connectivity index (χ2n) is 10.4. The van der Waals surface area contributed by atoms with Crippen LogP contribution in [0.5, 0.6) is 23.0 Å². The zero-order valence-corrected chi connectivity index (χ0v) is 24.2. The summed E-state index contributed by atoms with van der Waals surface area (Å²) in [5.74, 6) is -1.83. The fraction of sp³-hybridized carbons (Fsp3) is 0. The zero-order chi connectivity index (χ0) is 29.7. The van der Waals surface area contributed by atoms with Crippen LogP contribution in [-0.4, -0.2) is 60.3 Å². The predicted octanol–water partition coefficient (Wildman–Crippen LogP) is 5.69. The molecule has 2 aliphatic heterocycles. The van der Waals surface area contributed by atoms with Crippen LogP contribution in [0.1, 0.15) is 0 Å². The van der Waals surface area contributed by atoms with Crippen molar-refractivity contribution >= 4 is 44.1 Å². The topological polar surface area (TPSA) is 190 Å². The van der Waals surface area contributed by atoms with E-state index in [0.717, 1.165) is 21.9 Å². The molecule has 0 amide bonds. The van der Waals surface area contributed by atoms with Gasteiger partial charge >= 0.3 is 22.4 Å². The smallest absolute Gasteiger partial charge is 0.504 e. The molecule has 2 aliphatic rings. The third-order valence-corrected chi connectivity index (χ3v) is 7.89. The molecule has 13 heteroatoms. The summed E-state index contributed by atoms with van der Waals surface area (Å²) in [6.45, 7) is 0. The van der Waals surface area contributed by atoms with Crippen LogP contribution in [-0.2, 0) is 22.4 Å². The monoisotopic (exact) mass is 685 g/mol. The fourth-order valence-electron chi connectivity index (χ4n) is 5.84. The maximum atomic E-state index is 11.0. The first-order valence-corrected chi connectivity index (χ1v) is 13.6. The Labute approximate surface area is 267 Å². The normalized spacial score (nSPS) is 11.7. The van der Waals surface area contributed by atoms with Crippen LogP contribution >= 0.6 is 0 Å². The number of hydrogen-bond acceptors (Lipinski definition) is 10. The Morgan fingerprint density at radius 2 is 0.689 bits per heavy atom. The molecule has 220 valence electrons. The Hall–Kier alpha value is -5.82. The minimum atomic E-state index is -0.897. The van der Waals surface area contributed by atoms with E-state index < -0.39 is 23.0 Å². The first kappa shape index (κ1) is 26.8. The molecule has 0 saturated carbocycles. The van der Waals surface area contributed by atoms with Gasteiger partial charge in [0.05, 0.1) is 10.8 Å². The van der Waals surface area contributed by atoms with Crippen molar-refractivity contribution in [2.75, 3.05) is 0 Å². The maximum Gasteiger partial charge on any atom is 1.00 e. The minimum absolute atomic E-state index is 0. The van der Waals surface area contributed by atoms with Crippen LogP contribution in [0.15, 0.2) is 72.8 Å². The number of aromatic hydroxyl groups is 4. The number of hydrogen-bond donors (Lipinski definition) is 6. The Morgan fingerprint density at radius 1 is 0.378 bits per heavy atom. The Balaban J connectivity index is 0.00000300. The summed E-state index contributed by atoms with van der Waals surface area (Å²) in [6.07, 6.45) is 0. The number of phenols is 4. The van der Waals surface area contributed by atoms with Crippen LogP contribution in [0.3, 0.4) is 0 Å². The molecule has 0 atom stereocenters. The van der Waals surface area contributed by atoms with Gasteiger partial charge in [-0.3, -0.25) is 0 Å². The van der Waals surface area contributed by atoms with Crippen LogP contribution in [0.2, 0.25) is 0 Å². The number of rotatable bonds is 0. The summed E-state index contributed by atoms with van der Waals surface area (Å²) in [7, 11) is 0. The molecule has 0 unspecified atom stereocenters. The minimum Gasteiger partial charge on any atom is -0.504 e. The molecule has 0 aliphatic carbocycles. The average molecular weight is 686 g/mol. The van der Waals surface area contributed by atoms with Crippen molar-refractivity contribution in [3.05, 3.63) is 72.8 Å². The van der Waals surface area contributed by atoms with E-state index in [9.17, 15) is 20.4 Å². The van der Waals surface area contributed by atoms with Crippen LogP contribution in [0.4, 0.5) is 0 Å². The van der Waals surface area contributed by atoms with Gasteiger partial charge in [0, 0.05) is 33.0 Å². The standard InChI is InChI=1S/C32H18N8O4.Ag/c41-21-19-20(22(42)24(44)23(21)43)32-39-30-18-12-6-4-10-16(18)28(37-30)35-26-14-8-2-1-7-13(14)25(33-26)34-27-15-9-3-5-11-17(15)29(36-27)38-31(19)40-32;/h1-12,41-44H,(H2,33,34,35,36,37,38,39,40);/q;+1. The van der Waals surface area contributed by atoms with Gasteiger partial charge < -0.3 is 30.4 Å². The number of aromatic nitrogens is 8. The van der Waals surface area contributed by atoms with Crippen molar-refractivity contribution in [2.24, 2.45) is 0 Å². The molecular weight excluding hydrogens is 668 g/mol. The maximum absolute atomic E-state index is 11.0. The third kappa shape index (κ3) is 3.77. The largest absolute Gasteiger partial charge is 1.00 e. The summed E-state index contributed by atoms with van der Waals surface area (Å²) < 4.78 is 0. The Bertz CT molecular complexity index is 2410. The zero-order valence-electron chi connectivity index (χ0n) is 22.7. The van der Waals surface area contributed by atoms with E-state index in [4.69, 9.17) is 29.9 Å². The summed E-state index contributed by atoms with van der Waals surface area (Å²) >= 11 is 0. The quantitative estimate of drug-likeness (QED) is 0.0657. The molecule has 7 aromatic rings. The molecular formula is C32H18AgN8O4+.